The number of benzene rings is 3. The van der Waals surface area contributed by atoms with Crippen LogP contribution in [0.4, 0.5) is 0 Å². The van der Waals surface area contributed by atoms with E-state index in [1.165, 1.54) is 11.8 Å². The SMILES string of the molecule is CC[C@H](C)NC(=O)[C@@H](Cc1ccccc1)N(Cc1cccc(C)c1)C(=O)CSc1ccc(Cl)cc1. The van der Waals surface area contributed by atoms with Gasteiger partial charge in [-0.25, -0.2) is 0 Å². The predicted molar refractivity (Wildman–Crippen MR) is 146 cm³/mol. The maximum Gasteiger partial charge on any atom is 0.243 e. The zero-order chi connectivity index (χ0) is 25.2. The number of halogens is 1. The standard InChI is InChI=1S/C29H33ClN2O2S/c1-4-22(3)31-29(34)27(18-23-10-6-5-7-11-23)32(19-24-12-8-9-21(2)17-24)28(33)20-35-26-15-13-25(30)14-16-26/h5-17,22,27H,4,18-20H2,1-3H3,(H,31,34)/t22-,27+/m0/s1. The van der Waals surface area contributed by atoms with Crippen molar-refractivity contribution in [3.8, 4) is 0 Å². The fraction of sp³-hybridized carbons (Fsp3) is 0.310. The number of hydrogen-bond acceptors (Lipinski definition) is 3. The van der Waals surface area contributed by atoms with E-state index >= 15 is 0 Å². The molecule has 0 aliphatic heterocycles. The van der Waals surface area contributed by atoms with Gasteiger partial charge in [-0.1, -0.05) is 78.7 Å². The van der Waals surface area contributed by atoms with Crippen molar-refractivity contribution in [2.45, 2.75) is 57.1 Å². The van der Waals surface area contributed by atoms with E-state index < -0.39 is 6.04 Å². The summed E-state index contributed by atoms with van der Waals surface area (Å²) in [4.78, 5) is 29.9. The van der Waals surface area contributed by atoms with E-state index in [-0.39, 0.29) is 23.6 Å². The molecule has 184 valence electrons. The number of hydrogen-bond donors (Lipinski definition) is 1. The van der Waals surface area contributed by atoms with E-state index in [4.69, 9.17) is 11.6 Å². The third-order valence-electron chi connectivity index (χ3n) is 5.88. The Morgan fingerprint density at radius 2 is 1.66 bits per heavy atom. The van der Waals surface area contributed by atoms with Crippen molar-refractivity contribution >= 4 is 35.2 Å². The summed E-state index contributed by atoms with van der Waals surface area (Å²) in [7, 11) is 0. The van der Waals surface area contributed by atoms with Crippen LogP contribution in [0.15, 0.2) is 83.8 Å². The fourth-order valence-corrected chi connectivity index (χ4v) is 4.67. The molecular formula is C29H33ClN2O2S. The molecule has 3 aromatic carbocycles. The van der Waals surface area contributed by atoms with Gasteiger partial charge in [0.15, 0.2) is 0 Å². The largest absolute Gasteiger partial charge is 0.352 e. The first-order valence-corrected chi connectivity index (χ1v) is 13.3. The summed E-state index contributed by atoms with van der Waals surface area (Å²) >= 11 is 7.46. The molecule has 0 bridgehead atoms. The summed E-state index contributed by atoms with van der Waals surface area (Å²) in [6.45, 7) is 6.42. The van der Waals surface area contributed by atoms with E-state index in [0.717, 1.165) is 28.0 Å². The molecular weight excluding hydrogens is 476 g/mol. The Hall–Kier alpha value is -2.76. The van der Waals surface area contributed by atoms with Crippen LogP contribution in [0.1, 0.15) is 37.0 Å². The Labute approximate surface area is 218 Å². The molecule has 1 N–H and O–H groups in total. The van der Waals surface area contributed by atoms with Gasteiger partial charge < -0.3 is 10.2 Å². The summed E-state index contributed by atoms with van der Waals surface area (Å²) in [6, 6.07) is 24.8. The second-order valence-corrected chi connectivity index (χ2v) is 10.3. The van der Waals surface area contributed by atoms with Crippen molar-refractivity contribution in [1.82, 2.24) is 10.2 Å². The maximum atomic E-state index is 13.7. The fourth-order valence-electron chi connectivity index (χ4n) is 3.76. The molecule has 0 saturated carbocycles. The summed E-state index contributed by atoms with van der Waals surface area (Å²) < 4.78 is 0. The Bertz CT molecular complexity index is 1110. The van der Waals surface area contributed by atoms with Crippen LogP contribution in [-0.4, -0.2) is 34.6 Å². The number of carbonyl (C=O) groups excluding carboxylic acids is 2. The maximum absolute atomic E-state index is 13.7. The van der Waals surface area contributed by atoms with Gasteiger partial charge in [-0.05, 0) is 55.7 Å². The molecule has 2 atom stereocenters. The second kappa shape index (κ2) is 13.4. The number of nitrogens with zero attached hydrogens (tertiary/aromatic N) is 1. The van der Waals surface area contributed by atoms with Crippen LogP contribution in [0.3, 0.4) is 0 Å². The zero-order valence-electron chi connectivity index (χ0n) is 20.5. The highest BCUT2D eigenvalue weighted by atomic mass is 35.5. The quantitative estimate of drug-likeness (QED) is 0.309. The molecule has 0 aromatic heterocycles. The first-order valence-electron chi connectivity index (χ1n) is 11.9. The van der Waals surface area contributed by atoms with Gasteiger partial charge in [0, 0.05) is 28.9 Å². The van der Waals surface area contributed by atoms with Crippen LogP contribution in [0.2, 0.25) is 5.02 Å². The summed E-state index contributed by atoms with van der Waals surface area (Å²) in [5, 5.41) is 3.77. The summed E-state index contributed by atoms with van der Waals surface area (Å²) in [5.74, 6) is 0.0300. The molecule has 2 amide bonds. The molecule has 0 heterocycles. The first kappa shape index (κ1) is 26.8. The van der Waals surface area contributed by atoms with Gasteiger partial charge in [-0.3, -0.25) is 9.59 Å². The molecule has 0 spiro atoms. The lowest BCUT2D eigenvalue weighted by atomic mass is 10.0. The van der Waals surface area contributed by atoms with Crippen LogP contribution in [-0.2, 0) is 22.6 Å². The van der Waals surface area contributed by atoms with E-state index in [2.05, 4.69) is 11.4 Å². The monoisotopic (exact) mass is 508 g/mol. The minimum atomic E-state index is -0.620. The molecule has 0 aliphatic carbocycles. The lowest BCUT2D eigenvalue weighted by molar-refractivity contribution is -0.139. The minimum Gasteiger partial charge on any atom is -0.352 e. The van der Waals surface area contributed by atoms with Crippen molar-refractivity contribution in [2.75, 3.05) is 5.75 Å². The lowest BCUT2D eigenvalue weighted by Gasteiger charge is -2.32. The lowest BCUT2D eigenvalue weighted by Crippen LogP contribution is -2.52. The van der Waals surface area contributed by atoms with Gasteiger partial charge in [-0.2, -0.15) is 0 Å². The minimum absolute atomic E-state index is 0.0279. The predicted octanol–water partition coefficient (Wildman–Crippen LogP) is 6.30. The molecule has 0 radical (unpaired) electrons. The summed E-state index contributed by atoms with van der Waals surface area (Å²) in [6.07, 6.45) is 1.27. The molecule has 0 aliphatic rings. The Morgan fingerprint density at radius 3 is 2.31 bits per heavy atom. The number of nitrogens with one attached hydrogen (secondary N) is 1. The smallest absolute Gasteiger partial charge is 0.243 e. The van der Waals surface area contributed by atoms with Gasteiger partial charge in [0.25, 0.3) is 0 Å². The molecule has 3 aromatic rings. The molecule has 0 unspecified atom stereocenters. The average molecular weight is 509 g/mol. The van der Waals surface area contributed by atoms with Gasteiger partial charge >= 0.3 is 0 Å². The van der Waals surface area contributed by atoms with E-state index in [1.54, 1.807) is 4.90 Å². The van der Waals surface area contributed by atoms with Crippen molar-refractivity contribution < 1.29 is 9.59 Å². The number of rotatable bonds is 11. The number of carbonyl (C=O) groups is 2. The third-order valence-corrected chi connectivity index (χ3v) is 7.13. The Kier molecular flexibility index (Phi) is 10.2. The van der Waals surface area contributed by atoms with Crippen molar-refractivity contribution in [1.29, 1.82) is 0 Å². The van der Waals surface area contributed by atoms with E-state index in [1.807, 2.05) is 93.6 Å². The van der Waals surface area contributed by atoms with E-state index in [0.29, 0.717) is 18.0 Å². The molecule has 0 saturated heterocycles. The second-order valence-electron chi connectivity index (χ2n) is 8.78. The van der Waals surface area contributed by atoms with Crippen LogP contribution in [0, 0.1) is 6.92 Å². The van der Waals surface area contributed by atoms with Crippen molar-refractivity contribution in [2.24, 2.45) is 0 Å². The highest BCUT2D eigenvalue weighted by molar-refractivity contribution is 8.00. The molecule has 35 heavy (non-hydrogen) atoms. The number of aryl methyl sites for hydroxylation is 1. The normalized spacial score (nSPS) is 12.6. The first-order chi connectivity index (χ1) is 16.9. The van der Waals surface area contributed by atoms with Crippen LogP contribution < -0.4 is 5.32 Å². The third kappa shape index (κ3) is 8.44. The van der Waals surface area contributed by atoms with Crippen LogP contribution in [0.5, 0.6) is 0 Å². The highest BCUT2D eigenvalue weighted by Gasteiger charge is 2.31. The number of thioether (sulfide) groups is 1. The van der Waals surface area contributed by atoms with Gasteiger partial charge in [-0.15, -0.1) is 11.8 Å². The van der Waals surface area contributed by atoms with Crippen LogP contribution in [0.25, 0.3) is 0 Å². The Balaban J connectivity index is 1.90. The van der Waals surface area contributed by atoms with Gasteiger partial charge in [0.1, 0.15) is 6.04 Å². The molecule has 3 rings (SSSR count). The average Bonchev–Trinajstić information content (AvgIpc) is 2.86. The topological polar surface area (TPSA) is 49.4 Å². The van der Waals surface area contributed by atoms with Gasteiger partial charge in [0.05, 0.1) is 5.75 Å². The van der Waals surface area contributed by atoms with Crippen LogP contribution >= 0.6 is 23.4 Å². The number of amides is 2. The molecule has 4 nitrogen and oxygen atoms in total. The summed E-state index contributed by atoms with van der Waals surface area (Å²) in [5.41, 5.74) is 3.14. The van der Waals surface area contributed by atoms with Crippen molar-refractivity contribution in [3.63, 3.8) is 0 Å². The Morgan fingerprint density at radius 1 is 0.971 bits per heavy atom. The van der Waals surface area contributed by atoms with Crippen molar-refractivity contribution in [3.05, 3.63) is 101 Å². The van der Waals surface area contributed by atoms with E-state index in [9.17, 15) is 9.59 Å². The zero-order valence-corrected chi connectivity index (χ0v) is 22.1. The molecule has 6 heteroatoms. The molecule has 0 fully saturated rings. The highest BCUT2D eigenvalue weighted by Crippen LogP contribution is 2.23. The van der Waals surface area contributed by atoms with Gasteiger partial charge in [0.2, 0.25) is 11.8 Å².